The molecule has 0 bridgehead atoms. The molecule has 7 heteroatoms. The molecule has 0 saturated carbocycles. The van der Waals surface area contributed by atoms with E-state index in [1.165, 1.54) is 11.3 Å². The molecule has 0 aliphatic heterocycles. The number of aromatic nitrogens is 2. The molecule has 1 rings (SSSR count). The Hall–Kier alpha value is -0.980. The highest BCUT2D eigenvalue weighted by Crippen LogP contribution is 2.16. The second kappa shape index (κ2) is 7.37. The normalized spacial score (nSPS) is 10.5. The van der Waals surface area contributed by atoms with Crippen LogP contribution in [0.15, 0.2) is 12.7 Å². The zero-order chi connectivity index (χ0) is 12.7. The molecule has 94 valence electrons. The Morgan fingerprint density at radius 3 is 2.94 bits per heavy atom. The van der Waals surface area contributed by atoms with E-state index in [1.807, 2.05) is 4.90 Å². The van der Waals surface area contributed by atoms with Crippen LogP contribution in [-0.2, 0) is 16.1 Å². The van der Waals surface area contributed by atoms with Crippen LogP contribution in [0.25, 0.3) is 0 Å². The first kappa shape index (κ1) is 14.1. The lowest BCUT2D eigenvalue weighted by Gasteiger charge is -2.17. The van der Waals surface area contributed by atoms with Crippen molar-refractivity contribution in [1.29, 1.82) is 0 Å². The summed E-state index contributed by atoms with van der Waals surface area (Å²) in [6, 6.07) is 0. The minimum Gasteiger partial charge on any atom is -0.465 e. The van der Waals surface area contributed by atoms with Gasteiger partial charge in [-0.3, -0.25) is 9.69 Å². The summed E-state index contributed by atoms with van der Waals surface area (Å²) in [4.78, 5) is 13.2. The van der Waals surface area contributed by atoms with E-state index in [0.29, 0.717) is 24.2 Å². The van der Waals surface area contributed by atoms with Gasteiger partial charge in [-0.1, -0.05) is 17.4 Å². The zero-order valence-electron chi connectivity index (χ0n) is 9.56. The lowest BCUT2D eigenvalue weighted by atomic mass is 10.4. The Morgan fingerprint density at radius 2 is 2.41 bits per heavy atom. The third-order valence-corrected chi connectivity index (χ3v) is 2.85. The summed E-state index contributed by atoms with van der Waals surface area (Å²) < 4.78 is 5.29. The molecule has 0 spiro atoms. The maximum Gasteiger partial charge on any atom is 0.320 e. The van der Waals surface area contributed by atoms with E-state index in [-0.39, 0.29) is 12.5 Å². The maximum atomic E-state index is 11.4. The van der Waals surface area contributed by atoms with Crippen molar-refractivity contribution in [2.75, 3.05) is 19.7 Å². The van der Waals surface area contributed by atoms with Crippen LogP contribution in [-0.4, -0.2) is 40.8 Å². The highest BCUT2D eigenvalue weighted by atomic mass is 35.5. The highest BCUT2D eigenvalue weighted by molar-refractivity contribution is 7.15. The van der Waals surface area contributed by atoms with Crippen molar-refractivity contribution in [2.24, 2.45) is 0 Å². The molecule has 1 heterocycles. The van der Waals surface area contributed by atoms with Crippen LogP contribution in [0.2, 0.25) is 4.47 Å². The summed E-state index contributed by atoms with van der Waals surface area (Å²) in [7, 11) is 0. The molecule has 0 amide bonds. The van der Waals surface area contributed by atoms with E-state index >= 15 is 0 Å². The van der Waals surface area contributed by atoms with Gasteiger partial charge in [0.15, 0.2) is 0 Å². The Balaban J connectivity index is 2.53. The number of carbonyl (C=O) groups is 1. The van der Waals surface area contributed by atoms with Crippen LogP contribution in [0.1, 0.15) is 11.9 Å². The van der Waals surface area contributed by atoms with Gasteiger partial charge < -0.3 is 4.74 Å². The van der Waals surface area contributed by atoms with Gasteiger partial charge in [-0.2, -0.15) is 0 Å². The van der Waals surface area contributed by atoms with Crippen molar-refractivity contribution in [3.8, 4) is 0 Å². The van der Waals surface area contributed by atoms with Gasteiger partial charge in [-0.25, -0.2) is 0 Å². The number of carbonyl (C=O) groups excluding carboxylic acids is 1. The fourth-order valence-electron chi connectivity index (χ4n) is 1.25. The number of hydrogen-bond donors (Lipinski definition) is 0. The first-order valence-electron chi connectivity index (χ1n) is 5.12. The molecule has 0 fully saturated rings. The largest absolute Gasteiger partial charge is 0.465 e. The second-order valence-electron chi connectivity index (χ2n) is 3.21. The van der Waals surface area contributed by atoms with Crippen LogP contribution < -0.4 is 0 Å². The highest BCUT2D eigenvalue weighted by Gasteiger charge is 2.13. The number of esters is 1. The van der Waals surface area contributed by atoms with Gasteiger partial charge >= 0.3 is 5.97 Å². The summed E-state index contributed by atoms with van der Waals surface area (Å²) >= 11 is 6.99. The molecule has 0 atom stereocenters. The van der Waals surface area contributed by atoms with E-state index in [0.717, 1.165) is 5.01 Å². The molecule has 0 unspecified atom stereocenters. The van der Waals surface area contributed by atoms with E-state index in [9.17, 15) is 4.79 Å². The second-order valence-corrected chi connectivity index (χ2v) is 4.86. The molecule has 0 aromatic carbocycles. The van der Waals surface area contributed by atoms with E-state index in [1.54, 1.807) is 13.0 Å². The van der Waals surface area contributed by atoms with Crippen molar-refractivity contribution < 1.29 is 9.53 Å². The van der Waals surface area contributed by atoms with Gasteiger partial charge in [-0.15, -0.1) is 16.8 Å². The molecule has 0 N–H and O–H groups in total. The van der Waals surface area contributed by atoms with Gasteiger partial charge in [0.05, 0.1) is 19.7 Å². The van der Waals surface area contributed by atoms with E-state index < -0.39 is 0 Å². The monoisotopic (exact) mass is 275 g/mol. The van der Waals surface area contributed by atoms with Crippen molar-refractivity contribution in [3.63, 3.8) is 0 Å². The van der Waals surface area contributed by atoms with E-state index in [2.05, 4.69) is 16.8 Å². The SMILES string of the molecule is C=CCN(CC(=O)OCC)Cc1nnc(Cl)s1. The Labute approximate surface area is 109 Å². The lowest BCUT2D eigenvalue weighted by molar-refractivity contribution is -0.144. The Kier molecular flexibility index (Phi) is 6.10. The maximum absolute atomic E-state index is 11.4. The van der Waals surface area contributed by atoms with Crippen LogP contribution in [0.3, 0.4) is 0 Å². The molecule has 0 saturated heterocycles. The molecule has 5 nitrogen and oxygen atoms in total. The summed E-state index contributed by atoms with van der Waals surface area (Å²) in [5.74, 6) is -0.259. The molecule has 0 aliphatic rings. The average Bonchev–Trinajstić information content (AvgIpc) is 2.64. The average molecular weight is 276 g/mol. The van der Waals surface area contributed by atoms with Crippen LogP contribution in [0.4, 0.5) is 0 Å². The Morgan fingerprint density at radius 1 is 1.65 bits per heavy atom. The van der Waals surface area contributed by atoms with Crippen molar-refractivity contribution >= 4 is 28.9 Å². The van der Waals surface area contributed by atoms with Gasteiger partial charge in [0.25, 0.3) is 0 Å². The number of halogens is 1. The van der Waals surface area contributed by atoms with E-state index in [4.69, 9.17) is 16.3 Å². The minimum atomic E-state index is -0.259. The van der Waals surface area contributed by atoms with Crippen molar-refractivity contribution in [2.45, 2.75) is 13.5 Å². The molecular formula is C10H14ClN3O2S. The molecule has 17 heavy (non-hydrogen) atoms. The quantitative estimate of drug-likeness (QED) is 0.560. The molecule has 0 radical (unpaired) electrons. The number of hydrogen-bond acceptors (Lipinski definition) is 6. The third kappa shape index (κ3) is 5.25. The fraction of sp³-hybridized carbons (Fsp3) is 0.500. The number of ether oxygens (including phenoxy) is 1. The number of nitrogens with zero attached hydrogens (tertiary/aromatic N) is 3. The van der Waals surface area contributed by atoms with Gasteiger partial charge in [0, 0.05) is 6.54 Å². The standard InChI is InChI=1S/C10H14ClN3O2S/c1-3-5-14(7-9(15)16-4-2)6-8-12-13-10(11)17-8/h3H,1,4-7H2,2H3. The topological polar surface area (TPSA) is 55.3 Å². The van der Waals surface area contributed by atoms with Gasteiger partial charge in [0.1, 0.15) is 5.01 Å². The summed E-state index contributed by atoms with van der Waals surface area (Å²) in [5.41, 5.74) is 0. The summed E-state index contributed by atoms with van der Waals surface area (Å²) in [5, 5.41) is 8.38. The number of rotatable bonds is 7. The predicted molar refractivity (Wildman–Crippen MR) is 67.0 cm³/mol. The van der Waals surface area contributed by atoms with Crippen molar-refractivity contribution in [1.82, 2.24) is 15.1 Å². The smallest absolute Gasteiger partial charge is 0.320 e. The molecular weight excluding hydrogens is 262 g/mol. The first-order chi connectivity index (χ1) is 8.15. The lowest BCUT2D eigenvalue weighted by Crippen LogP contribution is -2.30. The first-order valence-corrected chi connectivity index (χ1v) is 6.32. The summed E-state index contributed by atoms with van der Waals surface area (Å²) in [6.45, 7) is 7.10. The van der Waals surface area contributed by atoms with Crippen LogP contribution >= 0.6 is 22.9 Å². The van der Waals surface area contributed by atoms with Crippen molar-refractivity contribution in [3.05, 3.63) is 22.1 Å². The predicted octanol–water partition coefficient (Wildman–Crippen LogP) is 1.74. The summed E-state index contributed by atoms with van der Waals surface area (Å²) in [6.07, 6.45) is 1.72. The Bertz CT molecular complexity index is 383. The zero-order valence-corrected chi connectivity index (χ0v) is 11.1. The molecule has 1 aromatic rings. The third-order valence-electron chi connectivity index (χ3n) is 1.85. The molecule has 0 aliphatic carbocycles. The van der Waals surface area contributed by atoms with Crippen LogP contribution in [0.5, 0.6) is 0 Å². The molecule has 1 aromatic heterocycles. The van der Waals surface area contributed by atoms with Gasteiger partial charge in [0.2, 0.25) is 4.47 Å². The minimum absolute atomic E-state index is 0.205. The fourth-order valence-corrected chi connectivity index (χ4v) is 2.15. The van der Waals surface area contributed by atoms with Gasteiger partial charge in [-0.05, 0) is 18.5 Å². The van der Waals surface area contributed by atoms with Crippen LogP contribution in [0, 0.1) is 0 Å².